The smallest absolute Gasteiger partial charge is 0.0190 e. The first kappa shape index (κ1) is 11.2. The zero-order chi connectivity index (χ0) is 10.0. The monoisotopic (exact) mass is 217 g/mol. The highest BCUT2D eigenvalue weighted by molar-refractivity contribution is 7.86. The minimum atomic E-state index is -0.454. The van der Waals surface area contributed by atoms with Crippen molar-refractivity contribution in [1.82, 2.24) is 4.90 Å². The van der Waals surface area contributed by atoms with Crippen LogP contribution in [0.4, 0.5) is 0 Å². The molecule has 74 valence electrons. The fraction of sp³-hybridized carbons (Fsp3) is 0.600. The van der Waals surface area contributed by atoms with E-state index < -0.39 is 7.27 Å². The van der Waals surface area contributed by atoms with Crippen molar-refractivity contribution < 1.29 is 0 Å². The molecule has 0 aliphatic heterocycles. The van der Waals surface area contributed by atoms with Crippen LogP contribution in [0.5, 0.6) is 0 Å². The maximum atomic E-state index is 6.17. The zero-order valence-corrected chi connectivity index (χ0v) is 10.3. The van der Waals surface area contributed by atoms with E-state index in [1.54, 1.807) is 0 Å². The second-order valence-electron chi connectivity index (χ2n) is 3.68. The van der Waals surface area contributed by atoms with Gasteiger partial charge in [-0.1, -0.05) is 29.5 Å². The van der Waals surface area contributed by atoms with E-state index in [1.807, 2.05) is 0 Å². The van der Waals surface area contributed by atoms with E-state index in [4.69, 9.17) is 11.2 Å². The van der Waals surface area contributed by atoms with E-state index in [1.165, 1.54) is 5.31 Å². The molecule has 0 saturated carbocycles. The Labute approximate surface area is 87.0 Å². The molecule has 0 heterocycles. The molecular formula is C10H17ClNP. The normalized spacial score (nSPS) is 26.3. The van der Waals surface area contributed by atoms with Crippen molar-refractivity contribution in [2.24, 2.45) is 5.92 Å². The molecule has 1 unspecified atom stereocenters. The molecule has 0 saturated heterocycles. The van der Waals surface area contributed by atoms with E-state index in [0.29, 0.717) is 12.0 Å². The van der Waals surface area contributed by atoms with Gasteiger partial charge >= 0.3 is 0 Å². The van der Waals surface area contributed by atoms with E-state index in [-0.39, 0.29) is 0 Å². The number of rotatable bonds is 3. The minimum absolute atomic E-state index is 0.454. The van der Waals surface area contributed by atoms with Gasteiger partial charge in [-0.05, 0) is 33.0 Å². The summed E-state index contributed by atoms with van der Waals surface area (Å²) in [6.07, 6.45) is 6.55. The van der Waals surface area contributed by atoms with Crippen LogP contribution in [0.3, 0.4) is 0 Å². The zero-order valence-electron chi connectivity index (χ0n) is 8.66. The number of hydrogen-bond donors (Lipinski definition) is 0. The van der Waals surface area contributed by atoms with Gasteiger partial charge in [0.25, 0.3) is 0 Å². The largest absolute Gasteiger partial charge is 0.306 e. The van der Waals surface area contributed by atoms with Crippen molar-refractivity contribution in [3.8, 4) is 0 Å². The molecule has 3 heteroatoms. The van der Waals surface area contributed by atoms with Crippen molar-refractivity contribution in [3.63, 3.8) is 0 Å². The third kappa shape index (κ3) is 2.56. The van der Waals surface area contributed by atoms with Crippen LogP contribution < -0.4 is 0 Å². The molecule has 0 N–H and O–H groups in total. The van der Waals surface area contributed by atoms with Crippen LogP contribution in [-0.2, 0) is 0 Å². The summed E-state index contributed by atoms with van der Waals surface area (Å²) in [7, 11) is 3.77. The highest BCUT2D eigenvalue weighted by Gasteiger charge is 2.25. The standard InChI is InChI=1S/C10H17ClNP/c1-8(12(2)3)9-6-5-7-10(9)13(4)11/h5-9H,1-4H3/t8-,9?,13+/m1/s1. The van der Waals surface area contributed by atoms with Crippen molar-refractivity contribution in [3.05, 3.63) is 23.5 Å². The highest BCUT2D eigenvalue weighted by atomic mass is 35.7. The SMILES string of the molecule is C[C@H](C1C=CC=C1[P@](C)Cl)N(C)C. The van der Waals surface area contributed by atoms with Crippen molar-refractivity contribution in [2.75, 3.05) is 20.8 Å². The Bertz CT molecular complexity index is 233. The second-order valence-corrected chi connectivity index (χ2v) is 6.68. The van der Waals surface area contributed by atoms with Gasteiger partial charge in [0.15, 0.2) is 0 Å². The summed E-state index contributed by atoms with van der Waals surface area (Å²) >= 11 is 6.17. The molecule has 0 aromatic heterocycles. The van der Waals surface area contributed by atoms with E-state index >= 15 is 0 Å². The number of nitrogens with zero attached hydrogens (tertiary/aromatic N) is 1. The molecule has 13 heavy (non-hydrogen) atoms. The summed E-state index contributed by atoms with van der Waals surface area (Å²) < 4.78 is 0. The van der Waals surface area contributed by atoms with Gasteiger partial charge < -0.3 is 4.90 Å². The Kier molecular flexibility index (Phi) is 3.97. The van der Waals surface area contributed by atoms with Gasteiger partial charge in [-0.15, -0.1) is 0 Å². The first-order chi connectivity index (χ1) is 6.04. The lowest BCUT2D eigenvalue weighted by atomic mass is 10.0. The second kappa shape index (κ2) is 4.59. The Balaban J connectivity index is 2.71. The lowest BCUT2D eigenvalue weighted by molar-refractivity contribution is 0.281. The van der Waals surface area contributed by atoms with Gasteiger partial charge in [0.1, 0.15) is 0 Å². The van der Waals surface area contributed by atoms with Crippen LogP contribution in [0.15, 0.2) is 23.5 Å². The quantitative estimate of drug-likeness (QED) is 0.656. The van der Waals surface area contributed by atoms with Crippen LogP contribution in [0, 0.1) is 5.92 Å². The van der Waals surface area contributed by atoms with Crippen LogP contribution >= 0.6 is 18.5 Å². The van der Waals surface area contributed by atoms with Gasteiger partial charge in [0.05, 0.1) is 0 Å². The Morgan fingerprint density at radius 3 is 2.62 bits per heavy atom. The maximum Gasteiger partial charge on any atom is 0.0190 e. The average Bonchev–Trinajstić information content (AvgIpc) is 2.50. The summed E-state index contributed by atoms with van der Waals surface area (Å²) in [6, 6.07) is 0.536. The summed E-state index contributed by atoms with van der Waals surface area (Å²) in [6.45, 7) is 4.34. The fourth-order valence-electron chi connectivity index (χ4n) is 1.52. The average molecular weight is 218 g/mol. The Hall–Kier alpha value is 0.160. The fourth-order valence-corrected chi connectivity index (χ4v) is 3.03. The molecule has 0 fully saturated rings. The Morgan fingerprint density at radius 2 is 2.15 bits per heavy atom. The van der Waals surface area contributed by atoms with Crippen LogP contribution in [0.1, 0.15) is 6.92 Å². The molecular weight excluding hydrogens is 201 g/mol. The Morgan fingerprint density at radius 1 is 1.54 bits per heavy atom. The number of hydrogen-bond acceptors (Lipinski definition) is 1. The predicted octanol–water partition coefficient (Wildman–Crippen LogP) is 3.27. The van der Waals surface area contributed by atoms with E-state index in [0.717, 1.165) is 0 Å². The van der Waals surface area contributed by atoms with Gasteiger partial charge in [0.2, 0.25) is 0 Å². The molecule has 0 aromatic carbocycles. The summed E-state index contributed by atoms with van der Waals surface area (Å²) in [5.74, 6) is 0.517. The van der Waals surface area contributed by atoms with Crippen molar-refractivity contribution in [2.45, 2.75) is 13.0 Å². The lowest BCUT2D eigenvalue weighted by Crippen LogP contribution is -2.31. The first-order valence-electron chi connectivity index (χ1n) is 4.48. The van der Waals surface area contributed by atoms with Gasteiger partial charge in [-0.2, -0.15) is 0 Å². The van der Waals surface area contributed by atoms with Crippen LogP contribution in [0.2, 0.25) is 0 Å². The summed E-state index contributed by atoms with van der Waals surface area (Å²) in [5, 5.41) is 1.40. The van der Waals surface area contributed by atoms with Crippen LogP contribution in [0.25, 0.3) is 0 Å². The molecule has 0 amide bonds. The van der Waals surface area contributed by atoms with Gasteiger partial charge in [-0.25, -0.2) is 0 Å². The first-order valence-corrected chi connectivity index (χ1v) is 7.17. The molecule has 0 bridgehead atoms. The van der Waals surface area contributed by atoms with Gasteiger partial charge in [0, 0.05) is 19.2 Å². The van der Waals surface area contributed by atoms with E-state index in [2.05, 4.69) is 50.8 Å². The predicted molar refractivity (Wildman–Crippen MR) is 62.6 cm³/mol. The maximum absolute atomic E-state index is 6.17. The molecule has 1 rings (SSSR count). The van der Waals surface area contributed by atoms with Crippen molar-refractivity contribution >= 4 is 18.5 Å². The van der Waals surface area contributed by atoms with E-state index in [9.17, 15) is 0 Å². The number of halogens is 1. The molecule has 1 nitrogen and oxygen atoms in total. The van der Waals surface area contributed by atoms with Crippen LogP contribution in [-0.4, -0.2) is 31.7 Å². The molecule has 3 atom stereocenters. The molecule has 0 aromatic rings. The molecule has 1 aliphatic rings. The topological polar surface area (TPSA) is 3.24 Å². The minimum Gasteiger partial charge on any atom is -0.306 e. The highest BCUT2D eigenvalue weighted by Crippen LogP contribution is 2.52. The molecule has 1 aliphatic carbocycles. The lowest BCUT2D eigenvalue weighted by Gasteiger charge is -2.28. The third-order valence-corrected chi connectivity index (χ3v) is 4.36. The molecule has 0 radical (unpaired) electrons. The molecule has 0 spiro atoms. The summed E-state index contributed by atoms with van der Waals surface area (Å²) in [5.41, 5.74) is 0. The number of allylic oxidation sites excluding steroid dienone is 2. The van der Waals surface area contributed by atoms with Crippen molar-refractivity contribution in [1.29, 1.82) is 0 Å². The third-order valence-electron chi connectivity index (χ3n) is 2.62. The van der Waals surface area contributed by atoms with Gasteiger partial charge in [-0.3, -0.25) is 0 Å². The summed E-state index contributed by atoms with van der Waals surface area (Å²) in [4.78, 5) is 2.24.